The van der Waals surface area contributed by atoms with Crippen molar-refractivity contribution in [2.75, 3.05) is 0 Å². The SMILES string of the molecule is O=C1C[C@H](C(=O)O)Oc2c(Br)cc(Cl)cc21. The van der Waals surface area contributed by atoms with E-state index in [1.54, 1.807) is 6.07 Å². The molecule has 0 saturated heterocycles. The molecule has 16 heavy (non-hydrogen) atoms. The van der Waals surface area contributed by atoms with E-state index in [4.69, 9.17) is 21.4 Å². The van der Waals surface area contributed by atoms with E-state index in [0.717, 1.165) is 0 Å². The molecule has 0 saturated carbocycles. The number of Topliss-reactive ketones (excluding diaryl/α,β-unsaturated/α-hetero) is 1. The van der Waals surface area contributed by atoms with Crippen LogP contribution in [0.1, 0.15) is 16.8 Å². The first-order valence-corrected chi connectivity index (χ1v) is 5.58. The van der Waals surface area contributed by atoms with Crippen molar-refractivity contribution in [1.82, 2.24) is 0 Å². The number of halogens is 2. The second-order valence-corrected chi connectivity index (χ2v) is 4.63. The first kappa shape index (κ1) is 11.4. The van der Waals surface area contributed by atoms with Gasteiger partial charge < -0.3 is 9.84 Å². The number of aliphatic carboxylic acids is 1. The molecule has 0 fully saturated rings. The summed E-state index contributed by atoms with van der Waals surface area (Å²) in [5, 5.41) is 9.21. The molecule has 0 unspecified atom stereocenters. The number of hydrogen-bond donors (Lipinski definition) is 1. The topological polar surface area (TPSA) is 63.6 Å². The van der Waals surface area contributed by atoms with Crippen LogP contribution in [0.2, 0.25) is 5.02 Å². The van der Waals surface area contributed by atoms with Crippen LogP contribution in [0.3, 0.4) is 0 Å². The highest BCUT2D eigenvalue weighted by Crippen LogP contribution is 2.37. The Morgan fingerprint density at radius 2 is 2.25 bits per heavy atom. The molecule has 0 aliphatic carbocycles. The number of carboxylic acids is 1. The molecule has 6 heteroatoms. The number of carbonyl (C=O) groups excluding carboxylic acids is 1. The van der Waals surface area contributed by atoms with Crippen molar-refractivity contribution in [3.8, 4) is 5.75 Å². The number of fused-ring (bicyclic) bond motifs is 1. The van der Waals surface area contributed by atoms with E-state index in [1.807, 2.05) is 0 Å². The Hall–Kier alpha value is -1.07. The van der Waals surface area contributed by atoms with Gasteiger partial charge in [0.05, 0.1) is 16.5 Å². The lowest BCUT2D eigenvalue weighted by atomic mass is 10.0. The molecule has 0 spiro atoms. The van der Waals surface area contributed by atoms with Gasteiger partial charge in [0.2, 0.25) is 6.10 Å². The van der Waals surface area contributed by atoms with Gasteiger partial charge in [-0.2, -0.15) is 0 Å². The molecule has 2 rings (SSSR count). The summed E-state index contributed by atoms with van der Waals surface area (Å²) in [6.45, 7) is 0. The molecule has 0 bridgehead atoms. The minimum atomic E-state index is -1.15. The van der Waals surface area contributed by atoms with Crippen molar-refractivity contribution in [2.24, 2.45) is 0 Å². The summed E-state index contributed by atoms with van der Waals surface area (Å²) in [7, 11) is 0. The second-order valence-electron chi connectivity index (χ2n) is 3.34. The van der Waals surface area contributed by atoms with Crippen LogP contribution >= 0.6 is 27.5 Å². The Morgan fingerprint density at radius 1 is 1.56 bits per heavy atom. The third kappa shape index (κ3) is 1.92. The Balaban J connectivity index is 2.50. The Bertz CT molecular complexity index is 486. The van der Waals surface area contributed by atoms with Crippen LogP contribution < -0.4 is 4.74 Å². The van der Waals surface area contributed by atoms with Gasteiger partial charge in [0.15, 0.2) is 5.78 Å². The fourth-order valence-electron chi connectivity index (χ4n) is 1.49. The van der Waals surface area contributed by atoms with E-state index in [-0.39, 0.29) is 18.0 Å². The van der Waals surface area contributed by atoms with Gasteiger partial charge >= 0.3 is 5.97 Å². The van der Waals surface area contributed by atoms with Crippen LogP contribution in [0, 0.1) is 0 Å². The summed E-state index contributed by atoms with van der Waals surface area (Å²) >= 11 is 8.97. The summed E-state index contributed by atoms with van der Waals surface area (Å²) in [6, 6.07) is 3.03. The minimum Gasteiger partial charge on any atom is -0.478 e. The number of hydrogen-bond acceptors (Lipinski definition) is 3. The van der Waals surface area contributed by atoms with Crippen molar-refractivity contribution in [1.29, 1.82) is 0 Å². The maximum Gasteiger partial charge on any atom is 0.345 e. The summed E-state index contributed by atoms with van der Waals surface area (Å²) in [4.78, 5) is 22.5. The molecule has 1 aromatic rings. The first-order chi connectivity index (χ1) is 7.49. The highest BCUT2D eigenvalue weighted by molar-refractivity contribution is 9.10. The van der Waals surface area contributed by atoms with Crippen LogP contribution in [-0.2, 0) is 4.79 Å². The Labute approximate surface area is 104 Å². The molecule has 1 heterocycles. The fraction of sp³-hybridized carbons (Fsp3) is 0.200. The van der Waals surface area contributed by atoms with Crippen LogP contribution in [0.15, 0.2) is 16.6 Å². The van der Waals surface area contributed by atoms with Crippen molar-refractivity contribution >= 4 is 39.3 Å². The number of carboxylic acid groups (broad SMARTS) is 1. The number of carbonyl (C=O) groups is 2. The van der Waals surface area contributed by atoms with Gasteiger partial charge in [-0.3, -0.25) is 4.79 Å². The van der Waals surface area contributed by atoms with Gasteiger partial charge in [-0.25, -0.2) is 4.79 Å². The Kier molecular flexibility index (Phi) is 2.90. The summed E-state index contributed by atoms with van der Waals surface area (Å²) in [6.07, 6.45) is -1.30. The molecule has 0 radical (unpaired) electrons. The molecular weight excluding hydrogens is 299 g/mol. The lowest BCUT2D eigenvalue weighted by Crippen LogP contribution is -2.34. The monoisotopic (exact) mass is 304 g/mol. The normalized spacial score (nSPS) is 18.9. The lowest BCUT2D eigenvalue weighted by molar-refractivity contribution is -0.145. The number of ketones is 1. The smallest absolute Gasteiger partial charge is 0.345 e. The predicted molar refractivity (Wildman–Crippen MR) is 60.2 cm³/mol. The number of rotatable bonds is 1. The van der Waals surface area contributed by atoms with Crippen molar-refractivity contribution in [3.05, 3.63) is 27.2 Å². The largest absolute Gasteiger partial charge is 0.478 e. The predicted octanol–water partition coefficient (Wildman–Crippen LogP) is 2.52. The van der Waals surface area contributed by atoms with Gasteiger partial charge in [-0.1, -0.05) is 11.6 Å². The van der Waals surface area contributed by atoms with Gasteiger partial charge in [0.1, 0.15) is 5.75 Å². The van der Waals surface area contributed by atoms with E-state index in [0.29, 0.717) is 15.1 Å². The van der Waals surface area contributed by atoms with Gasteiger partial charge in [-0.05, 0) is 28.1 Å². The first-order valence-electron chi connectivity index (χ1n) is 4.40. The average molecular weight is 306 g/mol. The summed E-state index contributed by atoms with van der Waals surface area (Å²) in [5.41, 5.74) is 0.317. The van der Waals surface area contributed by atoms with E-state index in [2.05, 4.69) is 15.9 Å². The van der Waals surface area contributed by atoms with Crippen molar-refractivity contribution < 1.29 is 19.4 Å². The van der Waals surface area contributed by atoms with Gasteiger partial charge in [0.25, 0.3) is 0 Å². The van der Waals surface area contributed by atoms with Crippen LogP contribution in [0.25, 0.3) is 0 Å². The zero-order valence-electron chi connectivity index (χ0n) is 7.87. The zero-order chi connectivity index (χ0) is 11.9. The molecule has 1 N–H and O–H groups in total. The molecular formula is C10H6BrClO4. The van der Waals surface area contributed by atoms with Crippen LogP contribution in [0.5, 0.6) is 5.75 Å². The molecule has 84 valence electrons. The highest BCUT2D eigenvalue weighted by atomic mass is 79.9. The standard InChI is InChI=1S/C10H6BrClO4/c11-6-2-4(12)1-5-7(13)3-8(10(14)15)16-9(5)6/h1-2,8H,3H2,(H,14,15)/t8-/m1/s1. The average Bonchev–Trinajstić information content (AvgIpc) is 2.19. The molecule has 1 aliphatic rings. The zero-order valence-corrected chi connectivity index (χ0v) is 10.2. The second kappa shape index (κ2) is 4.07. The minimum absolute atomic E-state index is 0.172. The quantitative estimate of drug-likeness (QED) is 0.866. The third-order valence-corrected chi connectivity index (χ3v) is 3.02. The van der Waals surface area contributed by atoms with E-state index in [9.17, 15) is 9.59 Å². The lowest BCUT2D eigenvalue weighted by Gasteiger charge is -2.23. The number of benzene rings is 1. The molecule has 1 aromatic carbocycles. The van der Waals surface area contributed by atoms with E-state index >= 15 is 0 Å². The highest BCUT2D eigenvalue weighted by Gasteiger charge is 2.32. The van der Waals surface area contributed by atoms with E-state index in [1.165, 1.54) is 6.07 Å². The fourth-order valence-corrected chi connectivity index (χ4v) is 2.39. The Morgan fingerprint density at radius 3 is 2.88 bits per heavy atom. The molecule has 0 aromatic heterocycles. The maximum atomic E-state index is 11.7. The molecule has 1 aliphatic heterocycles. The third-order valence-electron chi connectivity index (χ3n) is 2.22. The van der Waals surface area contributed by atoms with Crippen LogP contribution in [-0.4, -0.2) is 23.0 Å². The summed E-state index contributed by atoms with van der Waals surface area (Å²) in [5.74, 6) is -1.19. The van der Waals surface area contributed by atoms with Gasteiger partial charge in [-0.15, -0.1) is 0 Å². The van der Waals surface area contributed by atoms with Crippen molar-refractivity contribution in [2.45, 2.75) is 12.5 Å². The molecule has 4 nitrogen and oxygen atoms in total. The summed E-state index contributed by atoms with van der Waals surface area (Å²) < 4.78 is 5.70. The number of ether oxygens (including phenoxy) is 1. The molecule has 1 atom stereocenters. The van der Waals surface area contributed by atoms with Crippen molar-refractivity contribution in [3.63, 3.8) is 0 Å². The van der Waals surface area contributed by atoms with Gasteiger partial charge in [0, 0.05) is 5.02 Å². The van der Waals surface area contributed by atoms with Crippen LogP contribution in [0.4, 0.5) is 0 Å². The van der Waals surface area contributed by atoms with E-state index < -0.39 is 12.1 Å². The maximum absolute atomic E-state index is 11.7. The molecule has 0 amide bonds.